The molecule has 0 spiro atoms. The van der Waals surface area contributed by atoms with E-state index >= 15 is 0 Å². The molecule has 0 fully saturated rings. The topological polar surface area (TPSA) is 35.9 Å². The van der Waals surface area contributed by atoms with E-state index in [-0.39, 0.29) is 11.9 Å². The molecule has 0 N–H and O–H groups in total. The van der Waals surface area contributed by atoms with Gasteiger partial charge in [0.05, 0.1) is 6.54 Å². The second-order valence-electron chi connectivity index (χ2n) is 7.82. The Balaban J connectivity index is 1.50. The third-order valence-corrected chi connectivity index (χ3v) is 5.87. The molecule has 146 valence electrons. The van der Waals surface area contributed by atoms with Crippen LogP contribution < -0.4 is 0 Å². The minimum absolute atomic E-state index is 0.0425. The molecule has 1 atom stereocenters. The quantitative estimate of drug-likeness (QED) is 0.662. The van der Waals surface area contributed by atoms with Crippen molar-refractivity contribution in [2.45, 2.75) is 51.5 Å². The molecule has 2 amide bonds. The van der Waals surface area contributed by atoms with Gasteiger partial charge in [-0.3, -0.25) is 0 Å². The Hall–Kier alpha value is -2.62. The predicted molar refractivity (Wildman–Crippen MR) is 113 cm³/mol. The summed E-state index contributed by atoms with van der Waals surface area (Å²) in [5.74, 6) is 0.221. The fourth-order valence-electron chi connectivity index (χ4n) is 4.25. The molecule has 28 heavy (non-hydrogen) atoms. The van der Waals surface area contributed by atoms with Gasteiger partial charge in [-0.15, -0.1) is 0 Å². The number of amides is 2. The lowest BCUT2D eigenvalue weighted by molar-refractivity contribution is 0.153. The number of benzene rings is 2. The summed E-state index contributed by atoms with van der Waals surface area (Å²) in [7, 11) is 0. The average molecular weight is 376 g/mol. The molecular formula is C24H29N3O. The third kappa shape index (κ3) is 3.96. The van der Waals surface area contributed by atoms with Gasteiger partial charge >= 0.3 is 6.03 Å². The molecule has 2 aromatic carbocycles. The molecule has 4 rings (SSSR count). The van der Waals surface area contributed by atoms with Gasteiger partial charge in [-0.25, -0.2) is 9.80 Å². The van der Waals surface area contributed by atoms with E-state index in [0.29, 0.717) is 13.1 Å². The van der Waals surface area contributed by atoms with Crippen LogP contribution in [0.2, 0.25) is 0 Å². The molecule has 0 aliphatic carbocycles. The number of urea groups is 1. The van der Waals surface area contributed by atoms with Gasteiger partial charge in [0, 0.05) is 24.7 Å². The fraction of sp³-hybridized carbons (Fsp3) is 0.417. The molecule has 2 aliphatic rings. The third-order valence-electron chi connectivity index (χ3n) is 5.87. The summed E-state index contributed by atoms with van der Waals surface area (Å²) in [5.41, 5.74) is 5.04. The van der Waals surface area contributed by atoms with E-state index in [2.05, 4.69) is 55.5 Å². The smallest absolute Gasteiger partial charge is 0.318 e. The number of fused-ring (bicyclic) bond motifs is 1. The van der Waals surface area contributed by atoms with Crippen LogP contribution >= 0.6 is 0 Å². The van der Waals surface area contributed by atoms with Crippen molar-refractivity contribution >= 4 is 11.7 Å². The fourth-order valence-corrected chi connectivity index (χ4v) is 4.25. The van der Waals surface area contributed by atoms with Crippen molar-refractivity contribution in [2.24, 2.45) is 5.10 Å². The van der Waals surface area contributed by atoms with E-state index in [1.807, 2.05) is 11.0 Å². The molecule has 1 unspecified atom stereocenters. The molecule has 4 heteroatoms. The van der Waals surface area contributed by atoms with Gasteiger partial charge in [-0.1, -0.05) is 74.4 Å². The van der Waals surface area contributed by atoms with Crippen molar-refractivity contribution in [3.63, 3.8) is 0 Å². The highest BCUT2D eigenvalue weighted by Crippen LogP contribution is 2.29. The SMILES string of the molecule is CCCCCC1=NN(C(=O)N2CCc3ccccc3C2)CC1c1ccccc1. The van der Waals surface area contributed by atoms with Gasteiger partial charge in [-0.2, -0.15) is 5.10 Å². The summed E-state index contributed by atoms with van der Waals surface area (Å²) >= 11 is 0. The van der Waals surface area contributed by atoms with Gasteiger partial charge < -0.3 is 4.90 Å². The van der Waals surface area contributed by atoms with E-state index in [0.717, 1.165) is 31.5 Å². The maximum Gasteiger partial charge on any atom is 0.340 e. The molecule has 0 aromatic heterocycles. The van der Waals surface area contributed by atoms with Crippen molar-refractivity contribution in [1.82, 2.24) is 9.91 Å². The number of carbonyl (C=O) groups excluding carboxylic acids is 1. The molecule has 2 heterocycles. The first-order valence-corrected chi connectivity index (χ1v) is 10.5. The van der Waals surface area contributed by atoms with Crippen molar-refractivity contribution in [3.8, 4) is 0 Å². The Labute approximate surface area is 167 Å². The first kappa shape index (κ1) is 18.7. The summed E-state index contributed by atoms with van der Waals surface area (Å²) in [6.45, 7) is 4.32. The van der Waals surface area contributed by atoms with Crippen LogP contribution in [0.3, 0.4) is 0 Å². The first-order chi connectivity index (χ1) is 13.8. The molecule has 2 aromatic rings. The maximum atomic E-state index is 13.2. The van der Waals surface area contributed by atoms with Gasteiger partial charge in [0.25, 0.3) is 0 Å². The zero-order chi connectivity index (χ0) is 19.3. The predicted octanol–water partition coefficient (Wildman–Crippen LogP) is 5.20. The van der Waals surface area contributed by atoms with Crippen molar-refractivity contribution in [2.75, 3.05) is 13.1 Å². The summed E-state index contributed by atoms with van der Waals surface area (Å²) in [6, 6.07) is 19.0. The number of rotatable bonds is 5. The Morgan fingerprint density at radius 3 is 2.57 bits per heavy atom. The molecular weight excluding hydrogens is 346 g/mol. The molecule has 0 bridgehead atoms. The molecule has 4 nitrogen and oxygen atoms in total. The standard InChI is InChI=1S/C24H29N3O/c1-2-3-5-14-23-22(20-11-6-4-7-12-20)18-27(25-23)24(28)26-16-15-19-10-8-9-13-21(19)17-26/h4,6-13,22H,2-3,5,14-18H2,1H3. The van der Waals surface area contributed by atoms with Crippen LogP contribution in [0, 0.1) is 0 Å². The lowest BCUT2D eigenvalue weighted by atomic mass is 9.92. The van der Waals surface area contributed by atoms with Crippen molar-refractivity contribution in [1.29, 1.82) is 0 Å². The van der Waals surface area contributed by atoms with Gasteiger partial charge in [0.15, 0.2) is 0 Å². The molecule has 0 saturated carbocycles. The van der Waals surface area contributed by atoms with Crippen LogP contribution in [-0.2, 0) is 13.0 Å². The Morgan fingerprint density at radius 2 is 1.79 bits per heavy atom. The zero-order valence-electron chi connectivity index (χ0n) is 16.7. The summed E-state index contributed by atoms with van der Waals surface area (Å²) < 4.78 is 0. The summed E-state index contributed by atoms with van der Waals surface area (Å²) in [4.78, 5) is 15.2. The number of hydrogen-bond donors (Lipinski definition) is 0. The van der Waals surface area contributed by atoms with E-state index < -0.39 is 0 Å². The second-order valence-corrected chi connectivity index (χ2v) is 7.82. The number of nitrogens with zero attached hydrogens (tertiary/aromatic N) is 3. The Bertz CT molecular complexity index is 846. The van der Waals surface area contributed by atoms with Crippen LogP contribution in [0.25, 0.3) is 0 Å². The Morgan fingerprint density at radius 1 is 1.04 bits per heavy atom. The number of hydrazone groups is 1. The van der Waals surface area contributed by atoms with E-state index in [9.17, 15) is 4.79 Å². The second kappa shape index (κ2) is 8.59. The zero-order valence-corrected chi connectivity index (χ0v) is 16.7. The van der Waals surface area contributed by atoms with Gasteiger partial charge in [0.2, 0.25) is 0 Å². The number of unbranched alkanes of at least 4 members (excludes halogenated alkanes) is 2. The average Bonchev–Trinajstić information content (AvgIpc) is 3.18. The minimum Gasteiger partial charge on any atom is -0.318 e. The van der Waals surface area contributed by atoms with E-state index in [1.54, 1.807) is 5.01 Å². The van der Waals surface area contributed by atoms with Gasteiger partial charge in [-0.05, 0) is 36.0 Å². The first-order valence-electron chi connectivity index (χ1n) is 10.5. The normalized spacial score (nSPS) is 18.8. The lowest BCUT2D eigenvalue weighted by Crippen LogP contribution is -2.42. The number of carbonyl (C=O) groups is 1. The lowest BCUT2D eigenvalue weighted by Gasteiger charge is -2.31. The van der Waals surface area contributed by atoms with Crippen molar-refractivity contribution < 1.29 is 4.79 Å². The molecule has 0 saturated heterocycles. The van der Waals surface area contributed by atoms with Crippen LogP contribution in [0.5, 0.6) is 0 Å². The van der Waals surface area contributed by atoms with Crippen LogP contribution in [-0.4, -0.2) is 34.7 Å². The summed E-state index contributed by atoms with van der Waals surface area (Å²) in [5, 5.41) is 6.52. The monoisotopic (exact) mass is 375 g/mol. The van der Waals surface area contributed by atoms with E-state index in [1.165, 1.54) is 29.5 Å². The van der Waals surface area contributed by atoms with Gasteiger partial charge in [0.1, 0.15) is 0 Å². The summed E-state index contributed by atoms with van der Waals surface area (Å²) in [6.07, 6.45) is 5.43. The van der Waals surface area contributed by atoms with Crippen LogP contribution in [0.4, 0.5) is 4.79 Å². The van der Waals surface area contributed by atoms with E-state index in [4.69, 9.17) is 5.10 Å². The van der Waals surface area contributed by atoms with Crippen molar-refractivity contribution in [3.05, 3.63) is 71.3 Å². The minimum atomic E-state index is 0.0425. The number of hydrogen-bond acceptors (Lipinski definition) is 2. The van der Waals surface area contributed by atoms with Crippen LogP contribution in [0.1, 0.15) is 55.2 Å². The maximum absolute atomic E-state index is 13.2. The largest absolute Gasteiger partial charge is 0.340 e. The highest BCUT2D eigenvalue weighted by molar-refractivity contribution is 5.94. The van der Waals surface area contributed by atoms with Crippen LogP contribution in [0.15, 0.2) is 59.7 Å². The highest BCUT2D eigenvalue weighted by Gasteiger charge is 2.33. The molecule has 2 aliphatic heterocycles. The Kier molecular flexibility index (Phi) is 5.75. The highest BCUT2D eigenvalue weighted by atomic mass is 16.2. The molecule has 0 radical (unpaired) electrons.